The van der Waals surface area contributed by atoms with Crippen LogP contribution in [0.3, 0.4) is 0 Å². The quantitative estimate of drug-likeness (QED) is 0.713. The molecule has 3 rings (SSSR count). The summed E-state index contributed by atoms with van der Waals surface area (Å²) in [7, 11) is 0. The average Bonchev–Trinajstić information content (AvgIpc) is 2.45. The Bertz CT molecular complexity index is 835. The predicted molar refractivity (Wildman–Crippen MR) is 82.6 cm³/mol. The van der Waals surface area contributed by atoms with Gasteiger partial charge in [0.15, 0.2) is 0 Å². The Labute approximate surface area is 125 Å². The van der Waals surface area contributed by atoms with E-state index in [1.807, 2.05) is 6.07 Å². The largest absolute Gasteiger partial charge is 0.396 e. The van der Waals surface area contributed by atoms with Gasteiger partial charge in [0.05, 0.1) is 11.2 Å². The number of hydrogen-bond acceptors (Lipinski definition) is 4. The first-order valence-corrected chi connectivity index (χ1v) is 6.66. The van der Waals surface area contributed by atoms with Crippen molar-refractivity contribution in [3.05, 3.63) is 58.6 Å². The molecule has 0 atom stereocenters. The van der Waals surface area contributed by atoms with E-state index in [1.54, 1.807) is 24.4 Å². The summed E-state index contributed by atoms with van der Waals surface area (Å²) in [6.07, 6.45) is 1.91. The van der Waals surface area contributed by atoms with Crippen molar-refractivity contribution in [3.8, 4) is 0 Å². The van der Waals surface area contributed by atoms with Crippen LogP contribution >= 0.6 is 11.6 Å². The third kappa shape index (κ3) is 2.60. The van der Waals surface area contributed by atoms with E-state index >= 15 is 0 Å². The second-order valence-electron chi connectivity index (χ2n) is 4.72. The molecule has 0 saturated carbocycles. The summed E-state index contributed by atoms with van der Waals surface area (Å²) in [5, 5.41) is 1.10. The van der Waals surface area contributed by atoms with Crippen molar-refractivity contribution in [3.63, 3.8) is 0 Å². The van der Waals surface area contributed by atoms with Gasteiger partial charge < -0.3 is 11.5 Å². The molecule has 0 bridgehead atoms. The molecule has 4 N–H and O–H groups in total. The highest BCUT2D eigenvalue weighted by atomic mass is 35.5. The van der Waals surface area contributed by atoms with Crippen LogP contribution in [0.4, 0.5) is 15.9 Å². The maximum absolute atomic E-state index is 14.2. The van der Waals surface area contributed by atoms with Gasteiger partial charge in [0.1, 0.15) is 16.8 Å². The Balaban J connectivity index is 2.08. The maximum Gasteiger partial charge on any atom is 0.148 e. The molecule has 0 saturated heterocycles. The zero-order valence-electron chi connectivity index (χ0n) is 11.0. The zero-order chi connectivity index (χ0) is 15.0. The van der Waals surface area contributed by atoms with E-state index in [4.69, 9.17) is 23.1 Å². The fraction of sp³-hybridized carbons (Fsp3) is 0.0667. The first kappa shape index (κ1) is 13.6. The van der Waals surface area contributed by atoms with Crippen molar-refractivity contribution >= 4 is 34.0 Å². The van der Waals surface area contributed by atoms with Crippen molar-refractivity contribution in [1.29, 1.82) is 0 Å². The normalized spacial score (nSPS) is 11.0. The van der Waals surface area contributed by atoms with Gasteiger partial charge in [-0.3, -0.25) is 4.98 Å². The van der Waals surface area contributed by atoms with Crippen molar-refractivity contribution in [2.75, 3.05) is 11.5 Å². The fourth-order valence-electron chi connectivity index (χ4n) is 2.22. The summed E-state index contributed by atoms with van der Waals surface area (Å²) >= 11 is 5.87. The van der Waals surface area contributed by atoms with E-state index in [2.05, 4.69) is 9.97 Å². The minimum Gasteiger partial charge on any atom is -0.396 e. The molecular formula is C15H12ClFN4. The van der Waals surface area contributed by atoms with Gasteiger partial charge in [0, 0.05) is 24.1 Å². The summed E-state index contributed by atoms with van der Waals surface area (Å²) < 4.78 is 14.2. The number of nitrogens with zero attached hydrogens (tertiary/aromatic N) is 2. The van der Waals surface area contributed by atoms with Gasteiger partial charge in [-0.1, -0.05) is 17.7 Å². The van der Waals surface area contributed by atoms with Crippen LogP contribution in [0.25, 0.3) is 10.9 Å². The Kier molecular flexibility index (Phi) is 3.35. The maximum atomic E-state index is 14.2. The van der Waals surface area contributed by atoms with Gasteiger partial charge in [0.25, 0.3) is 0 Å². The van der Waals surface area contributed by atoms with E-state index in [1.165, 1.54) is 6.07 Å². The smallest absolute Gasteiger partial charge is 0.148 e. The molecule has 4 nitrogen and oxygen atoms in total. The van der Waals surface area contributed by atoms with Gasteiger partial charge in [0.2, 0.25) is 0 Å². The van der Waals surface area contributed by atoms with E-state index in [-0.39, 0.29) is 23.2 Å². The number of fused-ring (bicyclic) bond motifs is 1. The molecule has 2 heterocycles. The molecular weight excluding hydrogens is 291 g/mol. The van der Waals surface area contributed by atoms with Crippen LogP contribution in [0.2, 0.25) is 5.15 Å². The number of rotatable bonds is 2. The molecule has 21 heavy (non-hydrogen) atoms. The SMILES string of the molecule is Nc1nc(Cl)cc(Cc2cc3cccnc3cc2F)c1N. The number of anilines is 2. The van der Waals surface area contributed by atoms with E-state index in [0.29, 0.717) is 22.3 Å². The lowest BCUT2D eigenvalue weighted by Gasteiger charge is -2.10. The molecule has 3 aromatic rings. The lowest BCUT2D eigenvalue weighted by atomic mass is 10.0. The van der Waals surface area contributed by atoms with Gasteiger partial charge in [-0.05, 0) is 29.3 Å². The number of aromatic nitrogens is 2. The van der Waals surface area contributed by atoms with Crippen molar-refractivity contribution in [1.82, 2.24) is 9.97 Å². The molecule has 2 aromatic heterocycles. The molecule has 106 valence electrons. The van der Waals surface area contributed by atoms with Crippen molar-refractivity contribution in [2.24, 2.45) is 0 Å². The van der Waals surface area contributed by atoms with E-state index in [9.17, 15) is 4.39 Å². The Hall–Kier alpha value is -2.40. The number of nitrogen functional groups attached to an aromatic ring is 2. The number of halogens is 2. The molecule has 0 spiro atoms. The summed E-state index contributed by atoms with van der Waals surface area (Å²) in [4.78, 5) is 7.98. The van der Waals surface area contributed by atoms with Crippen LogP contribution in [0.5, 0.6) is 0 Å². The first-order valence-electron chi connectivity index (χ1n) is 6.28. The molecule has 0 aliphatic carbocycles. The Morgan fingerprint density at radius 3 is 2.76 bits per heavy atom. The topological polar surface area (TPSA) is 77.8 Å². The average molecular weight is 303 g/mol. The summed E-state index contributed by atoms with van der Waals surface area (Å²) in [6.45, 7) is 0. The molecule has 6 heteroatoms. The molecule has 0 radical (unpaired) electrons. The molecule has 0 aliphatic heterocycles. The summed E-state index contributed by atoms with van der Waals surface area (Å²) in [6, 6.07) is 8.44. The predicted octanol–water partition coefficient (Wildman–Crippen LogP) is 3.18. The zero-order valence-corrected chi connectivity index (χ0v) is 11.7. The summed E-state index contributed by atoms with van der Waals surface area (Å²) in [5.74, 6) is -0.188. The highest BCUT2D eigenvalue weighted by Crippen LogP contribution is 2.26. The van der Waals surface area contributed by atoms with Gasteiger partial charge in [-0.25, -0.2) is 9.37 Å². The van der Waals surface area contributed by atoms with Crippen molar-refractivity contribution in [2.45, 2.75) is 6.42 Å². The highest BCUT2D eigenvalue weighted by Gasteiger charge is 2.11. The van der Waals surface area contributed by atoms with E-state index in [0.717, 1.165) is 5.39 Å². The lowest BCUT2D eigenvalue weighted by Crippen LogP contribution is -2.04. The van der Waals surface area contributed by atoms with Gasteiger partial charge in [-0.2, -0.15) is 0 Å². The van der Waals surface area contributed by atoms with Crippen LogP contribution in [0.1, 0.15) is 11.1 Å². The fourth-order valence-corrected chi connectivity index (χ4v) is 2.45. The molecule has 0 fully saturated rings. The second-order valence-corrected chi connectivity index (χ2v) is 5.11. The Morgan fingerprint density at radius 2 is 1.95 bits per heavy atom. The molecule has 0 aliphatic rings. The van der Waals surface area contributed by atoms with Crippen molar-refractivity contribution < 1.29 is 4.39 Å². The van der Waals surface area contributed by atoms with Gasteiger partial charge >= 0.3 is 0 Å². The van der Waals surface area contributed by atoms with Crippen LogP contribution in [0, 0.1) is 5.82 Å². The summed E-state index contributed by atoms with van der Waals surface area (Å²) in [5.41, 5.74) is 13.6. The van der Waals surface area contributed by atoms with Crippen LogP contribution in [-0.2, 0) is 6.42 Å². The highest BCUT2D eigenvalue weighted by molar-refractivity contribution is 6.29. The number of nitrogens with two attached hydrogens (primary N) is 2. The van der Waals surface area contributed by atoms with Crippen LogP contribution < -0.4 is 11.5 Å². The second kappa shape index (κ2) is 5.18. The number of benzene rings is 1. The minimum absolute atomic E-state index is 0.153. The third-order valence-electron chi connectivity index (χ3n) is 3.29. The molecule has 0 amide bonds. The van der Waals surface area contributed by atoms with Gasteiger partial charge in [-0.15, -0.1) is 0 Å². The first-order chi connectivity index (χ1) is 10.0. The third-order valence-corrected chi connectivity index (χ3v) is 3.49. The minimum atomic E-state index is -0.341. The lowest BCUT2D eigenvalue weighted by molar-refractivity contribution is 0.615. The standard InChI is InChI=1S/C15H12ClFN4/c16-13-6-10(14(18)15(19)21-13)5-9-4-8-2-1-3-20-12(8)7-11(9)17/h1-4,6-7H,5,18H2,(H2,19,21). The van der Waals surface area contributed by atoms with E-state index < -0.39 is 0 Å². The van der Waals surface area contributed by atoms with Crippen LogP contribution in [-0.4, -0.2) is 9.97 Å². The monoisotopic (exact) mass is 302 g/mol. The Morgan fingerprint density at radius 1 is 1.14 bits per heavy atom. The number of hydrogen-bond donors (Lipinski definition) is 2. The number of pyridine rings is 2. The molecule has 0 unspecified atom stereocenters. The van der Waals surface area contributed by atoms with Crippen LogP contribution in [0.15, 0.2) is 36.5 Å². The molecule has 1 aromatic carbocycles.